The Morgan fingerprint density at radius 3 is 2.58 bits per heavy atom. The summed E-state index contributed by atoms with van der Waals surface area (Å²) in [6.45, 7) is 0.381. The number of amides is 1. The second-order valence-electron chi connectivity index (χ2n) is 5.46. The molecular formula is C13H22N2O4. The van der Waals surface area contributed by atoms with Crippen molar-refractivity contribution in [1.29, 1.82) is 0 Å². The second-order valence-corrected chi connectivity index (χ2v) is 5.46. The fraction of sp³-hybridized carbons (Fsp3) is 0.846. The van der Waals surface area contributed by atoms with E-state index in [1.54, 1.807) is 0 Å². The Morgan fingerprint density at radius 2 is 1.95 bits per heavy atom. The molecule has 0 aromatic carbocycles. The monoisotopic (exact) mass is 270 g/mol. The Labute approximate surface area is 112 Å². The first-order chi connectivity index (χ1) is 9.08. The molecule has 4 atom stereocenters. The summed E-state index contributed by atoms with van der Waals surface area (Å²) in [7, 11) is 0. The zero-order chi connectivity index (χ0) is 13.8. The number of aliphatic carboxylic acids is 1. The molecule has 0 aromatic heterocycles. The van der Waals surface area contributed by atoms with Crippen LogP contribution in [0.4, 0.5) is 0 Å². The van der Waals surface area contributed by atoms with Gasteiger partial charge in [0.05, 0.1) is 12.0 Å². The Hall–Kier alpha value is -1.14. The smallest absolute Gasteiger partial charge is 0.332 e. The van der Waals surface area contributed by atoms with Crippen molar-refractivity contribution < 1.29 is 19.4 Å². The maximum absolute atomic E-state index is 12.0. The van der Waals surface area contributed by atoms with Crippen molar-refractivity contribution in [2.75, 3.05) is 6.54 Å². The minimum Gasteiger partial charge on any atom is -0.479 e. The molecule has 0 radical (unpaired) electrons. The molecule has 6 nitrogen and oxygen atoms in total. The van der Waals surface area contributed by atoms with Crippen LogP contribution in [0.15, 0.2) is 0 Å². The van der Waals surface area contributed by atoms with Gasteiger partial charge in [0.15, 0.2) is 6.10 Å². The van der Waals surface area contributed by atoms with E-state index in [2.05, 4.69) is 5.32 Å². The molecule has 4 unspecified atom stereocenters. The number of rotatable bonds is 4. The molecule has 1 saturated carbocycles. The molecule has 19 heavy (non-hydrogen) atoms. The first kappa shape index (κ1) is 14.3. The molecule has 1 heterocycles. The first-order valence-corrected chi connectivity index (χ1v) is 6.99. The molecule has 1 saturated heterocycles. The van der Waals surface area contributed by atoms with Crippen molar-refractivity contribution >= 4 is 11.9 Å². The third kappa shape index (κ3) is 3.67. The number of nitrogens with two attached hydrogens (primary N) is 1. The van der Waals surface area contributed by atoms with E-state index in [0.29, 0.717) is 19.4 Å². The van der Waals surface area contributed by atoms with Gasteiger partial charge in [-0.15, -0.1) is 0 Å². The quantitative estimate of drug-likeness (QED) is 0.680. The van der Waals surface area contributed by atoms with E-state index < -0.39 is 12.1 Å². The molecule has 2 fully saturated rings. The number of carbonyl (C=O) groups excluding carboxylic acids is 1. The van der Waals surface area contributed by atoms with Gasteiger partial charge >= 0.3 is 5.97 Å². The highest BCUT2D eigenvalue weighted by molar-refractivity contribution is 5.79. The summed E-state index contributed by atoms with van der Waals surface area (Å²) >= 11 is 0. The van der Waals surface area contributed by atoms with Gasteiger partial charge in [-0.3, -0.25) is 4.79 Å². The van der Waals surface area contributed by atoms with E-state index in [4.69, 9.17) is 15.6 Å². The summed E-state index contributed by atoms with van der Waals surface area (Å²) in [6, 6.07) is -0.0509. The standard InChI is InChI=1S/C13H22N2O4/c14-10-4-2-1-3-9(10)12(16)15-7-8-5-6-11(19-8)13(17)18/h8-11H,1-7,14H2,(H,15,16)(H,17,18). The van der Waals surface area contributed by atoms with Crippen LogP contribution >= 0.6 is 0 Å². The summed E-state index contributed by atoms with van der Waals surface area (Å²) in [5.74, 6) is -1.05. The molecule has 1 aliphatic carbocycles. The van der Waals surface area contributed by atoms with Crippen LogP contribution < -0.4 is 11.1 Å². The van der Waals surface area contributed by atoms with Crippen LogP contribution in [-0.4, -0.2) is 41.8 Å². The minimum absolute atomic E-state index is 0.0189. The van der Waals surface area contributed by atoms with Gasteiger partial charge in [-0.25, -0.2) is 4.79 Å². The molecule has 0 aromatic rings. The summed E-state index contributed by atoms with van der Waals surface area (Å²) in [4.78, 5) is 22.8. The SMILES string of the molecule is NC1CCCCC1C(=O)NCC1CCC(C(=O)O)O1. The van der Waals surface area contributed by atoms with Crippen molar-refractivity contribution in [3.8, 4) is 0 Å². The fourth-order valence-corrected chi connectivity index (χ4v) is 2.87. The second kappa shape index (κ2) is 6.34. The van der Waals surface area contributed by atoms with Gasteiger partial charge in [0.2, 0.25) is 5.91 Å². The number of ether oxygens (including phenoxy) is 1. The zero-order valence-corrected chi connectivity index (χ0v) is 11.0. The summed E-state index contributed by atoms with van der Waals surface area (Å²) in [5, 5.41) is 11.7. The number of hydrogen-bond donors (Lipinski definition) is 3. The maximum Gasteiger partial charge on any atom is 0.332 e. The number of carboxylic acids is 1. The highest BCUT2D eigenvalue weighted by Crippen LogP contribution is 2.23. The number of nitrogens with one attached hydrogen (secondary N) is 1. The molecule has 4 N–H and O–H groups in total. The predicted octanol–water partition coefficient (Wildman–Crippen LogP) is 0.252. The topological polar surface area (TPSA) is 102 Å². The van der Waals surface area contributed by atoms with E-state index >= 15 is 0 Å². The van der Waals surface area contributed by atoms with E-state index in [9.17, 15) is 9.59 Å². The molecule has 2 rings (SSSR count). The molecule has 6 heteroatoms. The Kier molecular flexibility index (Phi) is 4.76. The third-order valence-corrected chi connectivity index (χ3v) is 4.04. The third-order valence-electron chi connectivity index (χ3n) is 4.04. The molecule has 0 bridgehead atoms. The average Bonchev–Trinajstić information content (AvgIpc) is 2.85. The van der Waals surface area contributed by atoms with E-state index in [0.717, 1.165) is 25.7 Å². The summed E-state index contributed by atoms with van der Waals surface area (Å²) in [5.41, 5.74) is 5.96. The van der Waals surface area contributed by atoms with Crippen molar-refractivity contribution in [3.05, 3.63) is 0 Å². The van der Waals surface area contributed by atoms with Gasteiger partial charge in [0, 0.05) is 12.6 Å². The van der Waals surface area contributed by atoms with Gasteiger partial charge in [0.1, 0.15) is 0 Å². The largest absolute Gasteiger partial charge is 0.479 e. The van der Waals surface area contributed by atoms with Crippen LogP contribution in [0.3, 0.4) is 0 Å². The minimum atomic E-state index is -0.928. The number of hydrogen-bond acceptors (Lipinski definition) is 4. The van der Waals surface area contributed by atoms with Crippen LogP contribution in [0, 0.1) is 5.92 Å². The van der Waals surface area contributed by atoms with Crippen LogP contribution in [-0.2, 0) is 14.3 Å². The highest BCUT2D eigenvalue weighted by atomic mass is 16.5. The lowest BCUT2D eigenvalue weighted by Crippen LogP contribution is -2.45. The van der Waals surface area contributed by atoms with E-state index in [1.165, 1.54) is 0 Å². The molecule has 1 amide bonds. The molecule has 2 aliphatic rings. The molecule has 108 valence electrons. The Bertz CT molecular complexity index is 348. The van der Waals surface area contributed by atoms with Gasteiger partial charge in [-0.2, -0.15) is 0 Å². The van der Waals surface area contributed by atoms with Gasteiger partial charge in [0.25, 0.3) is 0 Å². The summed E-state index contributed by atoms with van der Waals surface area (Å²) in [6.07, 6.45) is 4.16. The lowest BCUT2D eigenvalue weighted by molar-refractivity contribution is -0.149. The van der Waals surface area contributed by atoms with Crippen LogP contribution in [0.2, 0.25) is 0 Å². The average molecular weight is 270 g/mol. The van der Waals surface area contributed by atoms with Crippen molar-refractivity contribution in [3.63, 3.8) is 0 Å². The Morgan fingerprint density at radius 1 is 1.21 bits per heavy atom. The predicted molar refractivity (Wildman–Crippen MR) is 68.5 cm³/mol. The highest BCUT2D eigenvalue weighted by Gasteiger charge is 2.32. The molecular weight excluding hydrogens is 248 g/mol. The fourth-order valence-electron chi connectivity index (χ4n) is 2.87. The van der Waals surface area contributed by atoms with Gasteiger partial charge < -0.3 is 20.9 Å². The van der Waals surface area contributed by atoms with Crippen molar-refractivity contribution in [2.24, 2.45) is 11.7 Å². The van der Waals surface area contributed by atoms with E-state index in [1.807, 2.05) is 0 Å². The molecule has 1 aliphatic heterocycles. The summed E-state index contributed by atoms with van der Waals surface area (Å²) < 4.78 is 5.34. The van der Waals surface area contributed by atoms with E-state index in [-0.39, 0.29) is 24.0 Å². The Balaban J connectivity index is 1.73. The lowest BCUT2D eigenvalue weighted by atomic mass is 9.84. The van der Waals surface area contributed by atoms with Crippen molar-refractivity contribution in [1.82, 2.24) is 5.32 Å². The number of carbonyl (C=O) groups is 2. The van der Waals surface area contributed by atoms with Crippen molar-refractivity contribution in [2.45, 2.75) is 56.8 Å². The van der Waals surface area contributed by atoms with Crippen LogP contribution in [0.25, 0.3) is 0 Å². The van der Waals surface area contributed by atoms with Gasteiger partial charge in [-0.05, 0) is 25.7 Å². The normalized spacial score (nSPS) is 35.0. The lowest BCUT2D eigenvalue weighted by Gasteiger charge is -2.27. The van der Waals surface area contributed by atoms with Crippen LogP contribution in [0.5, 0.6) is 0 Å². The number of carboxylic acid groups (broad SMARTS) is 1. The molecule has 0 spiro atoms. The first-order valence-electron chi connectivity index (χ1n) is 6.99. The maximum atomic E-state index is 12.0. The van der Waals surface area contributed by atoms with Crippen LogP contribution in [0.1, 0.15) is 38.5 Å². The zero-order valence-electron chi connectivity index (χ0n) is 11.0. The van der Waals surface area contributed by atoms with Gasteiger partial charge in [-0.1, -0.05) is 12.8 Å².